The van der Waals surface area contributed by atoms with E-state index < -0.39 is 0 Å². The van der Waals surface area contributed by atoms with E-state index in [1.807, 2.05) is 11.7 Å². The van der Waals surface area contributed by atoms with E-state index in [4.69, 9.17) is 0 Å². The third-order valence-electron chi connectivity index (χ3n) is 3.72. The number of hydrogen-bond donors (Lipinski definition) is 1. The average Bonchev–Trinajstić information content (AvgIpc) is 2.85. The van der Waals surface area contributed by atoms with Crippen LogP contribution in [0.3, 0.4) is 0 Å². The second kappa shape index (κ2) is 7.76. The molecule has 1 aromatic heterocycles. The van der Waals surface area contributed by atoms with Gasteiger partial charge in [-0.1, -0.05) is 41.9 Å². The number of halogens is 1. The third-order valence-corrected chi connectivity index (χ3v) is 4.24. The molecule has 0 saturated carbocycles. The predicted molar refractivity (Wildman–Crippen MR) is 91.5 cm³/mol. The zero-order chi connectivity index (χ0) is 15.2. The van der Waals surface area contributed by atoms with Crippen molar-refractivity contribution >= 4 is 15.9 Å². The van der Waals surface area contributed by atoms with Crippen LogP contribution >= 0.6 is 15.9 Å². The highest BCUT2D eigenvalue weighted by atomic mass is 79.9. The Kier molecular flexibility index (Phi) is 6.00. The summed E-state index contributed by atoms with van der Waals surface area (Å²) in [5, 5.41) is 8.20. The van der Waals surface area contributed by atoms with E-state index in [9.17, 15) is 0 Å². The quantitative estimate of drug-likeness (QED) is 0.817. The van der Waals surface area contributed by atoms with Gasteiger partial charge in [-0.05, 0) is 43.1 Å². The number of aryl methyl sites for hydroxylation is 2. The first kappa shape index (κ1) is 16.2. The van der Waals surface area contributed by atoms with E-state index in [0.29, 0.717) is 6.04 Å². The fourth-order valence-electron chi connectivity index (χ4n) is 2.47. The van der Waals surface area contributed by atoms with Crippen molar-refractivity contribution < 1.29 is 0 Å². The van der Waals surface area contributed by atoms with Gasteiger partial charge in [0.1, 0.15) is 0 Å². The van der Waals surface area contributed by atoms with E-state index >= 15 is 0 Å². The normalized spacial score (nSPS) is 12.6. The van der Waals surface area contributed by atoms with Crippen molar-refractivity contribution in [3.05, 3.63) is 51.8 Å². The van der Waals surface area contributed by atoms with Crippen LogP contribution in [-0.4, -0.2) is 16.3 Å². The Hall–Kier alpha value is -1.13. The molecule has 0 aliphatic rings. The smallest absolute Gasteiger partial charge is 0.0624 e. The molecule has 0 fully saturated rings. The lowest BCUT2D eigenvalue weighted by Crippen LogP contribution is -2.24. The average molecular weight is 350 g/mol. The van der Waals surface area contributed by atoms with Gasteiger partial charge in [0.15, 0.2) is 0 Å². The van der Waals surface area contributed by atoms with Gasteiger partial charge < -0.3 is 5.32 Å². The lowest BCUT2D eigenvalue weighted by Gasteiger charge is -2.19. The molecule has 21 heavy (non-hydrogen) atoms. The molecule has 1 N–H and O–H groups in total. The van der Waals surface area contributed by atoms with Crippen LogP contribution < -0.4 is 5.32 Å². The first-order valence-electron chi connectivity index (χ1n) is 7.64. The maximum atomic E-state index is 4.55. The minimum absolute atomic E-state index is 0.332. The Labute approximate surface area is 135 Å². The molecule has 1 aromatic carbocycles. The molecular weight excluding hydrogens is 326 g/mol. The summed E-state index contributed by atoms with van der Waals surface area (Å²) in [6.45, 7) is 5.37. The second-order valence-corrected chi connectivity index (χ2v) is 6.28. The van der Waals surface area contributed by atoms with Crippen molar-refractivity contribution in [1.29, 1.82) is 0 Å². The zero-order valence-corrected chi connectivity index (χ0v) is 14.7. The molecule has 1 atom stereocenters. The van der Waals surface area contributed by atoms with Crippen LogP contribution in [0.15, 0.2) is 34.8 Å². The van der Waals surface area contributed by atoms with E-state index in [0.717, 1.165) is 36.0 Å². The van der Waals surface area contributed by atoms with Crippen LogP contribution in [0.4, 0.5) is 0 Å². The van der Waals surface area contributed by atoms with Crippen LogP contribution in [0, 0.1) is 0 Å². The molecule has 0 saturated heterocycles. The van der Waals surface area contributed by atoms with Gasteiger partial charge in [0.05, 0.1) is 5.69 Å². The fraction of sp³-hybridized carbons (Fsp3) is 0.471. The SMILES string of the molecule is CCCNC(Cc1cc(CC)nn1C)c1ccc(Br)cc1. The Morgan fingerprint density at radius 3 is 2.52 bits per heavy atom. The summed E-state index contributed by atoms with van der Waals surface area (Å²) >= 11 is 3.50. The minimum Gasteiger partial charge on any atom is -0.310 e. The standard InChI is InChI=1S/C17H24BrN3/c1-4-10-19-17(13-6-8-14(18)9-7-13)12-16-11-15(5-2)20-21(16)3/h6-9,11,17,19H,4-5,10,12H2,1-3H3. The molecule has 1 heterocycles. The maximum absolute atomic E-state index is 4.55. The van der Waals surface area contributed by atoms with Gasteiger partial charge in [-0.15, -0.1) is 0 Å². The molecule has 2 rings (SSSR count). The second-order valence-electron chi connectivity index (χ2n) is 5.37. The number of nitrogens with one attached hydrogen (secondary N) is 1. The molecule has 0 aliphatic heterocycles. The molecule has 3 nitrogen and oxygen atoms in total. The molecule has 1 unspecified atom stereocenters. The lowest BCUT2D eigenvalue weighted by molar-refractivity contribution is 0.512. The van der Waals surface area contributed by atoms with Gasteiger partial charge in [-0.3, -0.25) is 4.68 Å². The number of nitrogens with zero attached hydrogens (tertiary/aromatic N) is 2. The molecule has 4 heteroatoms. The van der Waals surface area contributed by atoms with E-state index in [-0.39, 0.29) is 0 Å². The van der Waals surface area contributed by atoms with Crippen LogP contribution in [0.1, 0.15) is 43.3 Å². The van der Waals surface area contributed by atoms with Gasteiger partial charge in [-0.25, -0.2) is 0 Å². The molecule has 0 aliphatic carbocycles. The largest absolute Gasteiger partial charge is 0.310 e. The molecule has 0 bridgehead atoms. The van der Waals surface area contributed by atoms with Crippen molar-refractivity contribution in [2.45, 2.75) is 39.2 Å². The Bertz CT molecular complexity index is 560. The zero-order valence-electron chi connectivity index (χ0n) is 13.1. The fourth-order valence-corrected chi connectivity index (χ4v) is 2.73. The Morgan fingerprint density at radius 1 is 1.24 bits per heavy atom. The topological polar surface area (TPSA) is 29.9 Å². The van der Waals surface area contributed by atoms with E-state index in [1.165, 1.54) is 11.3 Å². The first-order chi connectivity index (χ1) is 10.1. The van der Waals surface area contributed by atoms with Gasteiger partial charge in [0.25, 0.3) is 0 Å². The van der Waals surface area contributed by atoms with E-state index in [2.05, 4.69) is 70.5 Å². The van der Waals surface area contributed by atoms with Gasteiger partial charge in [0, 0.05) is 29.7 Å². The van der Waals surface area contributed by atoms with Crippen molar-refractivity contribution in [3.63, 3.8) is 0 Å². The molecule has 0 amide bonds. The molecule has 114 valence electrons. The summed E-state index contributed by atoms with van der Waals surface area (Å²) in [4.78, 5) is 0. The number of rotatable bonds is 7. The van der Waals surface area contributed by atoms with Gasteiger partial charge in [-0.2, -0.15) is 5.10 Å². The first-order valence-corrected chi connectivity index (χ1v) is 8.44. The number of benzene rings is 1. The summed E-state index contributed by atoms with van der Waals surface area (Å²) in [6, 6.07) is 11.1. The predicted octanol–water partition coefficient (Wildman–Crippen LogP) is 4.03. The third kappa shape index (κ3) is 4.42. The van der Waals surface area contributed by atoms with Crippen LogP contribution in [0.25, 0.3) is 0 Å². The lowest BCUT2D eigenvalue weighted by atomic mass is 10.0. The number of aromatic nitrogens is 2. The van der Waals surface area contributed by atoms with Crippen molar-refractivity contribution in [2.24, 2.45) is 7.05 Å². The van der Waals surface area contributed by atoms with Crippen LogP contribution in [-0.2, 0) is 19.9 Å². The van der Waals surface area contributed by atoms with Gasteiger partial charge in [0.2, 0.25) is 0 Å². The molecule has 2 aromatic rings. The van der Waals surface area contributed by atoms with Crippen LogP contribution in [0.2, 0.25) is 0 Å². The maximum Gasteiger partial charge on any atom is 0.0624 e. The highest BCUT2D eigenvalue weighted by Gasteiger charge is 2.14. The summed E-state index contributed by atoms with van der Waals surface area (Å²) in [6.07, 6.45) is 3.09. The Morgan fingerprint density at radius 2 is 1.95 bits per heavy atom. The van der Waals surface area contributed by atoms with Crippen molar-refractivity contribution in [3.8, 4) is 0 Å². The molecule has 0 radical (unpaired) electrons. The monoisotopic (exact) mass is 349 g/mol. The van der Waals surface area contributed by atoms with Crippen molar-refractivity contribution in [1.82, 2.24) is 15.1 Å². The van der Waals surface area contributed by atoms with E-state index in [1.54, 1.807) is 0 Å². The van der Waals surface area contributed by atoms with Gasteiger partial charge >= 0.3 is 0 Å². The summed E-state index contributed by atoms with van der Waals surface area (Å²) < 4.78 is 3.13. The Balaban J connectivity index is 2.19. The summed E-state index contributed by atoms with van der Waals surface area (Å²) in [5.41, 5.74) is 3.77. The van der Waals surface area contributed by atoms with Crippen molar-refractivity contribution in [2.75, 3.05) is 6.54 Å². The highest BCUT2D eigenvalue weighted by molar-refractivity contribution is 9.10. The summed E-state index contributed by atoms with van der Waals surface area (Å²) in [7, 11) is 2.03. The summed E-state index contributed by atoms with van der Waals surface area (Å²) in [5.74, 6) is 0. The number of hydrogen-bond acceptors (Lipinski definition) is 2. The molecule has 0 spiro atoms. The van der Waals surface area contributed by atoms with Crippen LogP contribution in [0.5, 0.6) is 0 Å². The minimum atomic E-state index is 0.332. The molecular formula is C17H24BrN3. The highest BCUT2D eigenvalue weighted by Crippen LogP contribution is 2.21.